The van der Waals surface area contributed by atoms with E-state index in [1.54, 1.807) is 18.3 Å². The van der Waals surface area contributed by atoms with Crippen molar-refractivity contribution in [1.29, 1.82) is 0 Å². The van der Waals surface area contributed by atoms with E-state index in [0.29, 0.717) is 11.5 Å². The summed E-state index contributed by atoms with van der Waals surface area (Å²) in [5, 5.41) is 2.95. The summed E-state index contributed by atoms with van der Waals surface area (Å²) in [6.45, 7) is 6.43. The zero-order chi connectivity index (χ0) is 13.5. The number of anilines is 1. The quantitative estimate of drug-likeness (QED) is 0.814. The molecule has 4 nitrogen and oxygen atoms in total. The molecule has 100 valence electrons. The van der Waals surface area contributed by atoms with Gasteiger partial charge in [0.15, 0.2) is 0 Å². The molecule has 0 fully saturated rings. The summed E-state index contributed by atoms with van der Waals surface area (Å²) >= 11 is 0. The summed E-state index contributed by atoms with van der Waals surface area (Å²) in [6, 6.07) is 3.57. The van der Waals surface area contributed by atoms with E-state index in [9.17, 15) is 4.79 Å². The van der Waals surface area contributed by atoms with E-state index < -0.39 is 0 Å². The first kappa shape index (κ1) is 14.5. The number of aromatic nitrogens is 1. The number of carbonyl (C=O) groups is 1. The molecule has 0 aliphatic rings. The molecular weight excluding hydrogens is 226 g/mol. The predicted octanol–water partition coefficient (Wildman–Crippen LogP) is 2.61. The van der Waals surface area contributed by atoms with Crippen LogP contribution in [0.1, 0.15) is 50.4 Å². The van der Waals surface area contributed by atoms with Crippen molar-refractivity contribution in [3.8, 4) is 0 Å². The van der Waals surface area contributed by atoms with Crippen LogP contribution in [0.15, 0.2) is 18.3 Å². The third kappa shape index (κ3) is 4.73. The minimum absolute atomic E-state index is 0.141. The van der Waals surface area contributed by atoms with Gasteiger partial charge in [-0.25, -0.2) is 4.98 Å². The first-order chi connectivity index (χ1) is 8.50. The average Bonchev–Trinajstić information content (AvgIpc) is 2.28. The molecule has 0 spiro atoms. The lowest BCUT2D eigenvalue weighted by atomic mass is 10.0. The molecule has 0 saturated carbocycles. The number of rotatable bonds is 6. The highest BCUT2D eigenvalue weighted by atomic mass is 16.1. The number of hydrogen-bond acceptors (Lipinski definition) is 3. The Labute approximate surface area is 109 Å². The largest absolute Gasteiger partial charge is 0.383 e. The number of nitrogens with zero attached hydrogens (tertiary/aromatic N) is 1. The van der Waals surface area contributed by atoms with Gasteiger partial charge in [0.25, 0.3) is 5.91 Å². The lowest BCUT2D eigenvalue weighted by Gasteiger charge is -2.15. The Kier molecular flexibility index (Phi) is 5.62. The fourth-order valence-electron chi connectivity index (χ4n) is 1.82. The van der Waals surface area contributed by atoms with Crippen molar-refractivity contribution in [2.24, 2.45) is 5.92 Å². The summed E-state index contributed by atoms with van der Waals surface area (Å²) < 4.78 is 0. The number of amides is 1. The second kappa shape index (κ2) is 6.99. The maximum absolute atomic E-state index is 11.9. The minimum atomic E-state index is -0.141. The van der Waals surface area contributed by atoms with E-state index >= 15 is 0 Å². The second-order valence-corrected chi connectivity index (χ2v) is 5.14. The number of nitrogens with two attached hydrogens (primary N) is 1. The molecule has 0 aliphatic heterocycles. The number of nitrogen functional groups attached to an aromatic ring is 1. The van der Waals surface area contributed by atoms with Crippen molar-refractivity contribution < 1.29 is 4.79 Å². The van der Waals surface area contributed by atoms with Gasteiger partial charge in [-0.2, -0.15) is 0 Å². The Balaban J connectivity index is 2.43. The Morgan fingerprint density at radius 1 is 1.39 bits per heavy atom. The molecule has 0 radical (unpaired) electrons. The van der Waals surface area contributed by atoms with E-state index in [1.165, 1.54) is 6.42 Å². The Morgan fingerprint density at radius 3 is 2.72 bits per heavy atom. The van der Waals surface area contributed by atoms with E-state index in [4.69, 9.17) is 5.73 Å². The van der Waals surface area contributed by atoms with Crippen LogP contribution >= 0.6 is 0 Å². The van der Waals surface area contributed by atoms with Crippen molar-refractivity contribution in [1.82, 2.24) is 10.3 Å². The zero-order valence-corrected chi connectivity index (χ0v) is 11.4. The predicted molar refractivity (Wildman–Crippen MR) is 74.3 cm³/mol. The zero-order valence-electron chi connectivity index (χ0n) is 11.4. The molecule has 3 N–H and O–H groups in total. The molecule has 1 unspecified atom stereocenters. The van der Waals surface area contributed by atoms with Crippen LogP contribution in [0.3, 0.4) is 0 Å². The van der Waals surface area contributed by atoms with Gasteiger partial charge in [-0.1, -0.05) is 26.7 Å². The van der Waals surface area contributed by atoms with Crippen LogP contribution in [0.25, 0.3) is 0 Å². The fourth-order valence-corrected chi connectivity index (χ4v) is 1.82. The van der Waals surface area contributed by atoms with Gasteiger partial charge in [0.2, 0.25) is 0 Å². The number of hydrogen-bond donors (Lipinski definition) is 2. The first-order valence-corrected chi connectivity index (χ1v) is 6.52. The molecule has 1 rings (SSSR count). The van der Waals surface area contributed by atoms with Gasteiger partial charge < -0.3 is 11.1 Å². The van der Waals surface area contributed by atoms with Crippen molar-refractivity contribution >= 4 is 11.7 Å². The molecule has 1 aromatic heterocycles. The van der Waals surface area contributed by atoms with Crippen LogP contribution < -0.4 is 11.1 Å². The minimum Gasteiger partial charge on any atom is -0.383 e. The molecular formula is C14H23N3O. The average molecular weight is 249 g/mol. The SMILES string of the molecule is CC(C)CCCC(C)NC(=O)c1cccnc1N. The van der Waals surface area contributed by atoms with Crippen LogP contribution in [0, 0.1) is 5.92 Å². The number of pyridine rings is 1. The molecule has 4 heteroatoms. The Morgan fingerprint density at radius 2 is 2.11 bits per heavy atom. The normalized spacial score (nSPS) is 12.4. The fraction of sp³-hybridized carbons (Fsp3) is 0.571. The molecule has 1 heterocycles. The van der Waals surface area contributed by atoms with Gasteiger partial charge in [0.05, 0.1) is 5.56 Å². The summed E-state index contributed by atoms with van der Waals surface area (Å²) in [4.78, 5) is 15.9. The van der Waals surface area contributed by atoms with Gasteiger partial charge in [-0.05, 0) is 31.4 Å². The van der Waals surface area contributed by atoms with Crippen molar-refractivity contribution in [3.63, 3.8) is 0 Å². The topological polar surface area (TPSA) is 68.0 Å². The molecule has 1 amide bonds. The van der Waals surface area contributed by atoms with Crippen LogP contribution in [-0.2, 0) is 0 Å². The van der Waals surface area contributed by atoms with Crippen LogP contribution in [0.5, 0.6) is 0 Å². The van der Waals surface area contributed by atoms with Gasteiger partial charge in [-0.3, -0.25) is 4.79 Å². The van der Waals surface area contributed by atoms with E-state index in [1.807, 2.05) is 6.92 Å². The number of nitrogens with one attached hydrogen (secondary N) is 1. The van der Waals surface area contributed by atoms with E-state index in [0.717, 1.165) is 12.8 Å². The standard InChI is InChI=1S/C14H23N3O/c1-10(2)6-4-7-11(3)17-14(18)12-8-5-9-16-13(12)15/h5,8-11H,4,6-7H2,1-3H3,(H2,15,16)(H,17,18). The van der Waals surface area contributed by atoms with Gasteiger partial charge in [0, 0.05) is 12.2 Å². The molecule has 0 bridgehead atoms. The van der Waals surface area contributed by atoms with E-state index in [2.05, 4.69) is 24.1 Å². The molecule has 0 saturated heterocycles. The van der Waals surface area contributed by atoms with Crippen LogP contribution in [0.2, 0.25) is 0 Å². The maximum Gasteiger partial charge on any atom is 0.255 e. The van der Waals surface area contributed by atoms with E-state index in [-0.39, 0.29) is 17.8 Å². The van der Waals surface area contributed by atoms with Crippen molar-refractivity contribution in [3.05, 3.63) is 23.9 Å². The van der Waals surface area contributed by atoms with Gasteiger partial charge >= 0.3 is 0 Å². The smallest absolute Gasteiger partial charge is 0.255 e. The van der Waals surface area contributed by atoms with Crippen molar-refractivity contribution in [2.75, 3.05) is 5.73 Å². The third-order valence-electron chi connectivity index (χ3n) is 2.88. The molecule has 18 heavy (non-hydrogen) atoms. The lowest BCUT2D eigenvalue weighted by Crippen LogP contribution is -2.33. The summed E-state index contributed by atoms with van der Waals surface area (Å²) in [6.07, 6.45) is 4.89. The summed E-state index contributed by atoms with van der Waals surface area (Å²) in [5.41, 5.74) is 6.12. The van der Waals surface area contributed by atoms with Gasteiger partial charge in [0.1, 0.15) is 5.82 Å². The van der Waals surface area contributed by atoms with Gasteiger partial charge in [-0.15, -0.1) is 0 Å². The van der Waals surface area contributed by atoms with Crippen LogP contribution in [-0.4, -0.2) is 16.9 Å². The Hall–Kier alpha value is -1.58. The molecule has 1 atom stereocenters. The second-order valence-electron chi connectivity index (χ2n) is 5.14. The Bertz CT molecular complexity index is 390. The highest BCUT2D eigenvalue weighted by Gasteiger charge is 2.12. The molecule has 1 aromatic rings. The lowest BCUT2D eigenvalue weighted by molar-refractivity contribution is 0.0938. The molecule has 0 aromatic carbocycles. The van der Waals surface area contributed by atoms with Crippen LogP contribution in [0.4, 0.5) is 5.82 Å². The number of carbonyl (C=O) groups excluding carboxylic acids is 1. The maximum atomic E-state index is 11.9. The molecule has 0 aliphatic carbocycles. The highest BCUT2D eigenvalue weighted by Crippen LogP contribution is 2.10. The van der Waals surface area contributed by atoms with Crippen molar-refractivity contribution in [2.45, 2.75) is 46.1 Å². The first-order valence-electron chi connectivity index (χ1n) is 6.52. The summed E-state index contributed by atoms with van der Waals surface area (Å²) in [7, 11) is 0. The third-order valence-corrected chi connectivity index (χ3v) is 2.88. The highest BCUT2D eigenvalue weighted by molar-refractivity contribution is 5.98. The summed E-state index contributed by atoms with van der Waals surface area (Å²) in [5.74, 6) is 0.851. The monoisotopic (exact) mass is 249 g/mol.